The van der Waals surface area contributed by atoms with Crippen molar-refractivity contribution in [2.75, 3.05) is 0 Å². The Hall–Kier alpha value is -1.40. The number of nitrogens with two attached hydrogens (primary N) is 1. The smallest absolute Gasteiger partial charge is 0.140 e. The minimum absolute atomic E-state index is 0.0893. The summed E-state index contributed by atoms with van der Waals surface area (Å²) in [6, 6.07) is 7.47. The van der Waals surface area contributed by atoms with Crippen LogP contribution in [0.15, 0.2) is 18.2 Å². The fourth-order valence-corrected chi connectivity index (χ4v) is 0.985. The Morgan fingerprint density at radius 1 is 1.67 bits per heavy atom. The number of pyridine rings is 1. The Morgan fingerprint density at radius 3 is 3.00 bits per heavy atom. The summed E-state index contributed by atoms with van der Waals surface area (Å²) in [4.78, 5) is 4.09. The summed E-state index contributed by atoms with van der Waals surface area (Å²) in [5.41, 5.74) is 6.92. The van der Waals surface area contributed by atoms with Crippen molar-refractivity contribution in [2.24, 2.45) is 5.73 Å². The van der Waals surface area contributed by atoms with Gasteiger partial charge in [-0.15, -0.1) is 0 Å². The van der Waals surface area contributed by atoms with Crippen LogP contribution < -0.4 is 5.73 Å². The average Bonchev–Trinajstić information content (AvgIpc) is 2.03. The highest BCUT2D eigenvalue weighted by Crippen LogP contribution is 2.00. The summed E-state index contributed by atoms with van der Waals surface area (Å²) in [5.74, 6) is 0. The summed E-state index contributed by atoms with van der Waals surface area (Å²) < 4.78 is 0. The lowest BCUT2D eigenvalue weighted by molar-refractivity contribution is 0.721. The van der Waals surface area contributed by atoms with Crippen LogP contribution in [0.1, 0.15) is 18.3 Å². The molecule has 0 aliphatic carbocycles. The van der Waals surface area contributed by atoms with Gasteiger partial charge < -0.3 is 5.73 Å². The fourth-order valence-electron chi connectivity index (χ4n) is 0.985. The Balaban J connectivity index is 2.81. The van der Waals surface area contributed by atoms with E-state index in [1.807, 2.05) is 25.1 Å². The molecule has 0 aromatic carbocycles. The van der Waals surface area contributed by atoms with Crippen LogP contribution in [0, 0.1) is 11.3 Å². The van der Waals surface area contributed by atoms with Crippen molar-refractivity contribution in [3.63, 3.8) is 0 Å². The molecule has 12 heavy (non-hydrogen) atoms. The third-order valence-corrected chi connectivity index (χ3v) is 1.45. The van der Waals surface area contributed by atoms with Gasteiger partial charge in [-0.25, -0.2) is 4.98 Å². The van der Waals surface area contributed by atoms with E-state index in [2.05, 4.69) is 4.98 Å². The Labute approximate surface area is 71.8 Å². The standard InChI is InChI=1S/C9H11N3/c1-7(11)5-8-3-2-4-9(6-10)12-8/h2-4,7H,5,11H2,1H3. The van der Waals surface area contributed by atoms with Crippen LogP contribution in [0.2, 0.25) is 0 Å². The molecule has 1 aromatic rings. The minimum atomic E-state index is 0.0893. The molecular formula is C9H11N3. The molecule has 0 aliphatic rings. The van der Waals surface area contributed by atoms with E-state index < -0.39 is 0 Å². The van der Waals surface area contributed by atoms with Crippen molar-refractivity contribution in [1.82, 2.24) is 4.98 Å². The summed E-state index contributed by atoms with van der Waals surface area (Å²) in [6.07, 6.45) is 0.718. The highest BCUT2D eigenvalue weighted by Gasteiger charge is 1.99. The molecule has 0 saturated carbocycles. The normalized spacial score (nSPS) is 12.1. The number of nitrogens with zero attached hydrogens (tertiary/aromatic N) is 2. The quantitative estimate of drug-likeness (QED) is 0.699. The van der Waals surface area contributed by atoms with Gasteiger partial charge in [-0.05, 0) is 19.1 Å². The van der Waals surface area contributed by atoms with Crippen molar-refractivity contribution < 1.29 is 0 Å². The number of aromatic nitrogens is 1. The molecule has 1 heterocycles. The lowest BCUT2D eigenvalue weighted by atomic mass is 10.2. The molecule has 0 saturated heterocycles. The highest BCUT2D eigenvalue weighted by molar-refractivity contribution is 5.22. The number of hydrogen-bond acceptors (Lipinski definition) is 3. The van der Waals surface area contributed by atoms with Gasteiger partial charge in [0.2, 0.25) is 0 Å². The van der Waals surface area contributed by atoms with Gasteiger partial charge in [-0.3, -0.25) is 0 Å². The van der Waals surface area contributed by atoms with Gasteiger partial charge in [0, 0.05) is 18.2 Å². The van der Waals surface area contributed by atoms with Crippen LogP contribution in [-0.2, 0) is 6.42 Å². The van der Waals surface area contributed by atoms with Crippen LogP contribution in [0.25, 0.3) is 0 Å². The van der Waals surface area contributed by atoms with E-state index in [1.54, 1.807) is 6.07 Å². The lowest BCUT2D eigenvalue weighted by Gasteiger charge is -2.03. The summed E-state index contributed by atoms with van der Waals surface area (Å²) in [5, 5.41) is 8.55. The average molecular weight is 161 g/mol. The van der Waals surface area contributed by atoms with E-state index in [-0.39, 0.29) is 6.04 Å². The van der Waals surface area contributed by atoms with E-state index in [0.717, 1.165) is 12.1 Å². The third-order valence-electron chi connectivity index (χ3n) is 1.45. The first-order chi connectivity index (χ1) is 5.72. The molecule has 1 unspecified atom stereocenters. The summed E-state index contributed by atoms with van der Waals surface area (Å²) in [7, 11) is 0. The van der Waals surface area contributed by atoms with Gasteiger partial charge in [-0.2, -0.15) is 5.26 Å². The molecule has 0 amide bonds. The zero-order valence-corrected chi connectivity index (χ0v) is 6.99. The molecule has 62 valence electrons. The van der Waals surface area contributed by atoms with Crippen molar-refractivity contribution in [2.45, 2.75) is 19.4 Å². The van der Waals surface area contributed by atoms with Gasteiger partial charge in [0.1, 0.15) is 11.8 Å². The van der Waals surface area contributed by atoms with Gasteiger partial charge in [-0.1, -0.05) is 6.07 Å². The van der Waals surface area contributed by atoms with E-state index in [9.17, 15) is 0 Å². The van der Waals surface area contributed by atoms with Crippen molar-refractivity contribution in [3.05, 3.63) is 29.6 Å². The van der Waals surface area contributed by atoms with E-state index >= 15 is 0 Å². The fraction of sp³-hybridized carbons (Fsp3) is 0.333. The Morgan fingerprint density at radius 2 is 2.42 bits per heavy atom. The SMILES string of the molecule is CC(N)Cc1cccc(C#N)n1. The second-order valence-corrected chi connectivity index (χ2v) is 2.81. The maximum absolute atomic E-state index is 8.55. The molecule has 0 bridgehead atoms. The molecule has 0 radical (unpaired) electrons. The third kappa shape index (κ3) is 2.33. The largest absolute Gasteiger partial charge is 0.328 e. The van der Waals surface area contributed by atoms with Gasteiger partial charge in [0.05, 0.1) is 0 Å². The minimum Gasteiger partial charge on any atom is -0.328 e. The van der Waals surface area contributed by atoms with E-state index in [0.29, 0.717) is 5.69 Å². The molecule has 3 nitrogen and oxygen atoms in total. The molecule has 3 heteroatoms. The Kier molecular flexibility index (Phi) is 2.78. The second kappa shape index (κ2) is 3.84. The van der Waals surface area contributed by atoms with Gasteiger partial charge in [0.15, 0.2) is 0 Å². The molecule has 1 rings (SSSR count). The zero-order chi connectivity index (χ0) is 8.97. The predicted molar refractivity (Wildman–Crippen MR) is 46.3 cm³/mol. The molecular weight excluding hydrogens is 150 g/mol. The second-order valence-electron chi connectivity index (χ2n) is 2.81. The number of rotatable bonds is 2. The van der Waals surface area contributed by atoms with E-state index in [1.165, 1.54) is 0 Å². The molecule has 2 N–H and O–H groups in total. The number of hydrogen-bond donors (Lipinski definition) is 1. The maximum Gasteiger partial charge on any atom is 0.140 e. The topological polar surface area (TPSA) is 62.7 Å². The highest BCUT2D eigenvalue weighted by atomic mass is 14.7. The predicted octanol–water partition coefficient (Wildman–Crippen LogP) is 0.843. The maximum atomic E-state index is 8.55. The van der Waals surface area contributed by atoms with Crippen LogP contribution in [0.5, 0.6) is 0 Å². The lowest BCUT2D eigenvalue weighted by Crippen LogP contribution is -2.18. The first-order valence-corrected chi connectivity index (χ1v) is 3.84. The first-order valence-electron chi connectivity index (χ1n) is 3.84. The van der Waals surface area contributed by atoms with Crippen LogP contribution in [0.3, 0.4) is 0 Å². The van der Waals surface area contributed by atoms with Crippen LogP contribution in [0.4, 0.5) is 0 Å². The van der Waals surface area contributed by atoms with Crippen molar-refractivity contribution >= 4 is 0 Å². The van der Waals surface area contributed by atoms with Crippen LogP contribution in [-0.4, -0.2) is 11.0 Å². The zero-order valence-electron chi connectivity index (χ0n) is 6.99. The molecule has 1 aromatic heterocycles. The van der Waals surface area contributed by atoms with E-state index in [4.69, 9.17) is 11.0 Å². The molecule has 1 atom stereocenters. The van der Waals surface area contributed by atoms with Gasteiger partial charge in [0.25, 0.3) is 0 Å². The molecule has 0 spiro atoms. The van der Waals surface area contributed by atoms with Crippen LogP contribution >= 0.6 is 0 Å². The van der Waals surface area contributed by atoms with Crippen molar-refractivity contribution in [1.29, 1.82) is 5.26 Å². The van der Waals surface area contributed by atoms with Crippen molar-refractivity contribution in [3.8, 4) is 6.07 Å². The summed E-state index contributed by atoms with van der Waals surface area (Å²) in [6.45, 7) is 1.92. The monoisotopic (exact) mass is 161 g/mol. The molecule has 0 aliphatic heterocycles. The molecule has 0 fully saturated rings. The summed E-state index contributed by atoms with van der Waals surface area (Å²) >= 11 is 0. The Bertz CT molecular complexity index is 299. The first kappa shape index (κ1) is 8.69. The van der Waals surface area contributed by atoms with Gasteiger partial charge >= 0.3 is 0 Å². The number of nitriles is 1.